The summed E-state index contributed by atoms with van der Waals surface area (Å²) in [5.41, 5.74) is 1.78. The second kappa shape index (κ2) is 8.28. The first-order valence-corrected chi connectivity index (χ1v) is 10.5. The summed E-state index contributed by atoms with van der Waals surface area (Å²) < 4.78 is 53.2. The number of alkyl halides is 2. The van der Waals surface area contributed by atoms with Crippen molar-refractivity contribution in [2.75, 3.05) is 11.4 Å². The molecule has 1 amide bonds. The van der Waals surface area contributed by atoms with Crippen LogP contribution in [0.25, 0.3) is 0 Å². The summed E-state index contributed by atoms with van der Waals surface area (Å²) >= 11 is 0. The van der Waals surface area contributed by atoms with Crippen LogP contribution in [0.15, 0.2) is 53.4 Å². The van der Waals surface area contributed by atoms with Crippen LogP contribution in [-0.2, 0) is 25.8 Å². The van der Waals surface area contributed by atoms with Crippen molar-refractivity contribution in [1.29, 1.82) is 0 Å². The highest BCUT2D eigenvalue weighted by Crippen LogP contribution is 2.27. The highest BCUT2D eigenvalue weighted by Gasteiger charge is 2.29. The van der Waals surface area contributed by atoms with E-state index < -0.39 is 32.6 Å². The lowest BCUT2D eigenvalue weighted by atomic mass is 10.0. The molecular formula is C20H19F2NO5S. The molecule has 3 rings (SSSR count). The van der Waals surface area contributed by atoms with E-state index in [-0.39, 0.29) is 11.5 Å². The van der Waals surface area contributed by atoms with Crippen molar-refractivity contribution in [3.63, 3.8) is 0 Å². The number of nitrogens with zero attached hydrogens (tertiary/aromatic N) is 1. The van der Waals surface area contributed by atoms with Gasteiger partial charge in [-0.15, -0.1) is 0 Å². The number of sulfone groups is 1. The Hall–Kier alpha value is -2.81. The van der Waals surface area contributed by atoms with Gasteiger partial charge in [0.15, 0.2) is 6.10 Å². The minimum Gasteiger partial charge on any atom is -0.449 e. The Morgan fingerprint density at radius 1 is 1.07 bits per heavy atom. The number of amides is 1. The van der Waals surface area contributed by atoms with Crippen molar-refractivity contribution in [3.8, 4) is 0 Å². The van der Waals surface area contributed by atoms with Crippen LogP contribution < -0.4 is 4.90 Å². The van der Waals surface area contributed by atoms with Crippen LogP contribution in [0, 0.1) is 0 Å². The van der Waals surface area contributed by atoms with Crippen LogP contribution in [0.1, 0.15) is 29.3 Å². The van der Waals surface area contributed by atoms with Gasteiger partial charge in [0.25, 0.3) is 5.91 Å². The summed E-state index contributed by atoms with van der Waals surface area (Å²) in [7, 11) is -4.75. The van der Waals surface area contributed by atoms with Crippen molar-refractivity contribution in [3.05, 3.63) is 59.7 Å². The average Bonchev–Trinajstić information content (AvgIpc) is 2.72. The number of carbonyl (C=O) groups excluding carboxylic acids is 2. The summed E-state index contributed by atoms with van der Waals surface area (Å²) in [6.45, 7) is 1.96. The van der Waals surface area contributed by atoms with Gasteiger partial charge >= 0.3 is 11.7 Å². The van der Waals surface area contributed by atoms with Gasteiger partial charge in [0, 0.05) is 12.2 Å². The number of rotatable bonds is 5. The van der Waals surface area contributed by atoms with Crippen molar-refractivity contribution < 1.29 is 31.5 Å². The number of halogens is 2. The van der Waals surface area contributed by atoms with E-state index in [9.17, 15) is 26.8 Å². The quantitative estimate of drug-likeness (QED) is 0.690. The van der Waals surface area contributed by atoms with E-state index in [2.05, 4.69) is 0 Å². The lowest BCUT2D eigenvalue weighted by molar-refractivity contribution is -0.126. The van der Waals surface area contributed by atoms with E-state index in [0.717, 1.165) is 48.4 Å². The highest BCUT2D eigenvalue weighted by molar-refractivity contribution is 7.91. The van der Waals surface area contributed by atoms with Crippen LogP contribution in [0.3, 0.4) is 0 Å². The van der Waals surface area contributed by atoms with Gasteiger partial charge in [0.2, 0.25) is 9.84 Å². The number of fused-ring (bicyclic) bond motifs is 1. The molecule has 1 atom stereocenters. The number of hydrogen-bond acceptors (Lipinski definition) is 5. The molecule has 1 heterocycles. The Morgan fingerprint density at radius 3 is 2.38 bits per heavy atom. The molecule has 6 nitrogen and oxygen atoms in total. The van der Waals surface area contributed by atoms with Crippen LogP contribution >= 0.6 is 0 Å². The van der Waals surface area contributed by atoms with Crippen molar-refractivity contribution in [1.82, 2.24) is 0 Å². The first-order chi connectivity index (χ1) is 13.7. The standard InChI is InChI=1S/C20H19F2NO5S/c1-13(18(24)23-12-4-6-14-5-2-3-7-17(14)23)28-19(25)15-8-10-16(11-9-15)29(26,27)20(21)22/h2-3,5,7-11,13,20H,4,6,12H2,1H3. The molecule has 1 aliphatic heterocycles. The monoisotopic (exact) mass is 423 g/mol. The van der Waals surface area contributed by atoms with Gasteiger partial charge < -0.3 is 9.64 Å². The van der Waals surface area contributed by atoms with Crippen molar-refractivity contribution in [2.24, 2.45) is 0 Å². The van der Waals surface area contributed by atoms with Crippen LogP contribution in [0.5, 0.6) is 0 Å². The molecule has 1 aliphatic rings. The van der Waals surface area contributed by atoms with E-state index in [0.29, 0.717) is 6.54 Å². The van der Waals surface area contributed by atoms with Gasteiger partial charge in [-0.1, -0.05) is 18.2 Å². The zero-order valence-corrected chi connectivity index (χ0v) is 16.4. The predicted molar refractivity (Wildman–Crippen MR) is 102 cm³/mol. The summed E-state index contributed by atoms with van der Waals surface area (Å²) in [4.78, 5) is 26.0. The molecule has 0 bridgehead atoms. The molecule has 1 unspecified atom stereocenters. The molecule has 154 valence electrons. The van der Waals surface area contributed by atoms with Gasteiger partial charge in [-0.3, -0.25) is 4.79 Å². The topological polar surface area (TPSA) is 80.8 Å². The first kappa shape index (κ1) is 20.9. The van der Waals surface area contributed by atoms with E-state index in [1.807, 2.05) is 24.3 Å². The fraction of sp³-hybridized carbons (Fsp3) is 0.300. The molecule has 29 heavy (non-hydrogen) atoms. The summed E-state index contributed by atoms with van der Waals surface area (Å²) in [6.07, 6.45) is 0.587. The molecule has 9 heteroatoms. The smallest absolute Gasteiger partial charge is 0.341 e. The zero-order valence-electron chi connectivity index (χ0n) is 15.5. The predicted octanol–water partition coefficient (Wildman–Crippen LogP) is 3.21. The highest BCUT2D eigenvalue weighted by atomic mass is 32.2. The van der Waals surface area contributed by atoms with Gasteiger partial charge in [-0.2, -0.15) is 8.78 Å². The molecule has 2 aromatic rings. The number of hydrogen-bond donors (Lipinski definition) is 0. The van der Waals surface area contributed by atoms with Crippen LogP contribution in [0.2, 0.25) is 0 Å². The Balaban J connectivity index is 1.70. The number of carbonyl (C=O) groups is 2. The maximum Gasteiger partial charge on any atom is 0.341 e. The minimum absolute atomic E-state index is 0.0445. The van der Waals surface area contributed by atoms with Gasteiger partial charge in [-0.05, 0) is 55.7 Å². The molecule has 0 aromatic heterocycles. The molecule has 0 saturated carbocycles. The van der Waals surface area contributed by atoms with Crippen LogP contribution in [-0.4, -0.2) is 38.7 Å². The van der Waals surface area contributed by atoms with Gasteiger partial charge in [0.05, 0.1) is 10.5 Å². The maximum absolute atomic E-state index is 12.8. The number of ether oxygens (including phenoxy) is 1. The Morgan fingerprint density at radius 2 is 1.72 bits per heavy atom. The van der Waals surface area contributed by atoms with Crippen LogP contribution in [0.4, 0.5) is 14.5 Å². The van der Waals surface area contributed by atoms with Gasteiger partial charge in [-0.25, -0.2) is 13.2 Å². The number of para-hydroxylation sites is 1. The van der Waals surface area contributed by atoms with E-state index in [1.165, 1.54) is 6.92 Å². The largest absolute Gasteiger partial charge is 0.449 e. The van der Waals surface area contributed by atoms with Gasteiger partial charge in [0.1, 0.15) is 0 Å². The molecule has 0 fully saturated rings. The Kier molecular flexibility index (Phi) is 5.97. The maximum atomic E-state index is 12.8. The minimum atomic E-state index is -4.75. The van der Waals surface area contributed by atoms with Crippen molar-refractivity contribution >= 4 is 27.4 Å². The fourth-order valence-electron chi connectivity index (χ4n) is 3.14. The number of esters is 1. The summed E-state index contributed by atoms with van der Waals surface area (Å²) in [6, 6.07) is 11.5. The third kappa shape index (κ3) is 4.29. The Labute approximate surface area is 167 Å². The number of benzene rings is 2. The molecule has 2 aromatic carbocycles. The fourth-order valence-corrected chi connectivity index (χ4v) is 3.87. The summed E-state index contributed by atoms with van der Waals surface area (Å²) in [5, 5.41) is 0. The SMILES string of the molecule is CC(OC(=O)c1ccc(S(=O)(=O)C(F)F)cc1)C(=O)N1CCCc2ccccc21. The van der Waals surface area contributed by atoms with E-state index >= 15 is 0 Å². The second-order valence-electron chi connectivity index (χ2n) is 6.60. The Bertz CT molecular complexity index is 1020. The molecule has 0 spiro atoms. The third-order valence-electron chi connectivity index (χ3n) is 4.66. The molecular weight excluding hydrogens is 404 g/mol. The van der Waals surface area contributed by atoms with E-state index in [1.54, 1.807) is 4.90 Å². The molecule has 0 saturated heterocycles. The lowest BCUT2D eigenvalue weighted by Gasteiger charge is -2.31. The van der Waals surface area contributed by atoms with E-state index in [4.69, 9.17) is 4.74 Å². The molecule has 0 radical (unpaired) electrons. The molecule has 0 N–H and O–H groups in total. The first-order valence-electron chi connectivity index (χ1n) is 8.94. The third-order valence-corrected chi connectivity index (χ3v) is 6.06. The van der Waals surface area contributed by atoms with Crippen molar-refractivity contribution in [2.45, 2.75) is 36.5 Å². The number of aryl methyl sites for hydroxylation is 1. The average molecular weight is 423 g/mol. The normalized spacial score (nSPS) is 15.0. The zero-order chi connectivity index (χ0) is 21.2. The number of anilines is 1. The summed E-state index contributed by atoms with van der Waals surface area (Å²) in [5.74, 6) is -4.77. The lowest BCUT2D eigenvalue weighted by Crippen LogP contribution is -2.42. The molecule has 0 aliphatic carbocycles. The second-order valence-corrected chi connectivity index (χ2v) is 8.52.